The predicted molar refractivity (Wildman–Crippen MR) is 91.2 cm³/mol. The minimum absolute atomic E-state index is 0.500. The molecule has 4 rings (SSSR count). The van der Waals surface area contributed by atoms with Gasteiger partial charge in [0.15, 0.2) is 0 Å². The van der Waals surface area contributed by atoms with Gasteiger partial charge in [-0.15, -0.1) is 11.3 Å². The van der Waals surface area contributed by atoms with Crippen LogP contribution in [-0.2, 0) is 0 Å². The molecule has 0 amide bonds. The van der Waals surface area contributed by atoms with Gasteiger partial charge in [-0.2, -0.15) is 0 Å². The molecule has 0 aliphatic carbocycles. The fourth-order valence-electron chi connectivity index (χ4n) is 3.41. The average molecular weight is 293 g/mol. The lowest BCUT2D eigenvalue weighted by Crippen LogP contribution is -2.33. The van der Waals surface area contributed by atoms with Crippen LogP contribution in [-0.4, -0.2) is 18.5 Å². The molecule has 2 heterocycles. The van der Waals surface area contributed by atoms with E-state index in [4.69, 9.17) is 0 Å². The summed E-state index contributed by atoms with van der Waals surface area (Å²) in [6.45, 7) is 3.41. The fourth-order valence-corrected chi connectivity index (χ4v) is 4.58. The standard InChI is InChI=1S/C19H19NS/c1-13-15-8-4-5-9-16(15)17(12-20(13)2)19-11-14-7-3-6-10-18(14)21-19/h3-11,13,17H,12H2,1-2H3. The Hall–Kier alpha value is -1.64. The summed E-state index contributed by atoms with van der Waals surface area (Å²) in [6, 6.07) is 20.5. The zero-order valence-electron chi connectivity index (χ0n) is 12.4. The van der Waals surface area contributed by atoms with Crippen LogP contribution in [0.1, 0.15) is 34.9 Å². The molecule has 0 N–H and O–H groups in total. The second-order valence-electron chi connectivity index (χ2n) is 5.98. The first-order valence-corrected chi connectivity index (χ1v) is 8.33. The van der Waals surface area contributed by atoms with Gasteiger partial charge < -0.3 is 0 Å². The van der Waals surface area contributed by atoms with Crippen LogP contribution in [0.2, 0.25) is 0 Å². The molecule has 2 heteroatoms. The number of thiophene rings is 1. The highest BCUT2D eigenvalue weighted by molar-refractivity contribution is 7.19. The molecule has 0 fully saturated rings. The summed E-state index contributed by atoms with van der Waals surface area (Å²) in [5.74, 6) is 0.500. The summed E-state index contributed by atoms with van der Waals surface area (Å²) < 4.78 is 1.39. The monoisotopic (exact) mass is 293 g/mol. The summed E-state index contributed by atoms with van der Waals surface area (Å²) in [5, 5.41) is 1.37. The molecule has 106 valence electrons. The number of benzene rings is 2. The molecule has 1 aliphatic heterocycles. The van der Waals surface area contributed by atoms with Crippen LogP contribution >= 0.6 is 11.3 Å². The minimum Gasteiger partial charge on any atom is -0.299 e. The van der Waals surface area contributed by atoms with E-state index in [-0.39, 0.29) is 0 Å². The second kappa shape index (κ2) is 4.97. The minimum atomic E-state index is 0.500. The molecule has 21 heavy (non-hydrogen) atoms. The van der Waals surface area contributed by atoms with Gasteiger partial charge in [0.1, 0.15) is 0 Å². The van der Waals surface area contributed by atoms with E-state index in [1.54, 1.807) is 0 Å². The third-order valence-corrected chi connectivity index (χ3v) is 5.97. The number of nitrogens with zero attached hydrogens (tertiary/aromatic N) is 1. The van der Waals surface area contributed by atoms with E-state index in [0.717, 1.165) is 6.54 Å². The summed E-state index contributed by atoms with van der Waals surface area (Å²) in [7, 11) is 2.24. The smallest absolute Gasteiger partial charge is 0.0345 e. The molecule has 1 aliphatic rings. The maximum atomic E-state index is 2.47. The molecule has 2 unspecified atom stereocenters. The van der Waals surface area contributed by atoms with Gasteiger partial charge in [0.2, 0.25) is 0 Å². The molecular formula is C19H19NS. The van der Waals surface area contributed by atoms with Gasteiger partial charge >= 0.3 is 0 Å². The Morgan fingerprint density at radius 2 is 1.71 bits per heavy atom. The van der Waals surface area contributed by atoms with Crippen molar-refractivity contribution >= 4 is 21.4 Å². The largest absolute Gasteiger partial charge is 0.299 e. The highest BCUT2D eigenvalue weighted by Gasteiger charge is 2.29. The molecule has 0 radical (unpaired) electrons. The van der Waals surface area contributed by atoms with E-state index in [1.807, 2.05) is 11.3 Å². The first-order valence-electron chi connectivity index (χ1n) is 7.51. The number of fused-ring (bicyclic) bond motifs is 2. The summed E-state index contributed by atoms with van der Waals surface area (Å²) in [5.41, 5.74) is 2.99. The Labute approximate surface area is 129 Å². The molecular weight excluding hydrogens is 274 g/mol. The number of hydrogen-bond acceptors (Lipinski definition) is 2. The Morgan fingerprint density at radius 1 is 1.00 bits per heavy atom. The molecule has 0 bridgehead atoms. The van der Waals surface area contributed by atoms with Crippen LogP contribution in [0.25, 0.3) is 10.1 Å². The number of likely N-dealkylation sites (N-methyl/N-ethyl adjacent to an activating group) is 1. The van der Waals surface area contributed by atoms with Gasteiger partial charge in [-0.1, -0.05) is 42.5 Å². The van der Waals surface area contributed by atoms with Crippen molar-refractivity contribution in [3.05, 3.63) is 70.6 Å². The fraction of sp³-hybridized carbons (Fsp3) is 0.263. The lowest BCUT2D eigenvalue weighted by Gasteiger charge is -2.37. The maximum Gasteiger partial charge on any atom is 0.0345 e. The highest BCUT2D eigenvalue weighted by Crippen LogP contribution is 2.41. The van der Waals surface area contributed by atoms with E-state index in [1.165, 1.54) is 26.1 Å². The zero-order valence-corrected chi connectivity index (χ0v) is 13.2. The molecule has 3 aromatic rings. The van der Waals surface area contributed by atoms with Crippen molar-refractivity contribution in [3.63, 3.8) is 0 Å². The van der Waals surface area contributed by atoms with Crippen molar-refractivity contribution in [2.75, 3.05) is 13.6 Å². The Bertz CT molecular complexity index is 756. The Balaban J connectivity index is 1.86. The normalized spacial score (nSPS) is 22.4. The average Bonchev–Trinajstić information content (AvgIpc) is 2.94. The summed E-state index contributed by atoms with van der Waals surface area (Å²) >= 11 is 1.94. The second-order valence-corrected chi connectivity index (χ2v) is 7.10. The van der Waals surface area contributed by atoms with E-state index in [2.05, 4.69) is 73.5 Å². The van der Waals surface area contributed by atoms with Crippen LogP contribution in [0, 0.1) is 0 Å². The molecule has 0 saturated carbocycles. The maximum absolute atomic E-state index is 2.47. The Morgan fingerprint density at radius 3 is 2.52 bits per heavy atom. The first kappa shape index (κ1) is 13.1. The molecule has 1 nitrogen and oxygen atoms in total. The van der Waals surface area contributed by atoms with Crippen molar-refractivity contribution in [3.8, 4) is 0 Å². The first-order chi connectivity index (χ1) is 10.2. The van der Waals surface area contributed by atoms with Gasteiger partial charge in [0, 0.05) is 28.1 Å². The number of hydrogen-bond donors (Lipinski definition) is 0. The third kappa shape index (κ3) is 2.10. The summed E-state index contributed by atoms with van der Waals surface area (Å²) in [4.78, 5) is 3.96. The lowest BCUT2D eigenvalue weighted by atomic mass is 9.85. The molecule has 0 saturated heterocycles. The van der Waals surface area contributed by atoms with Crippen molar-refractivity contribution in [1.82, 2.24) is 4.90 Å². The van der Waals surface area contributed by atoms with Crippen LogP contribution in [0.5, 0.6) is 0 Å². The van der Waals surface area contributed by atoms with Gasteiger partial charge in [-0.25, -0.2) is 0 Å². The zero-order chi connectivity index (χ0) is 14.4. The van der Waals surface area contributed by atoms with Crippen LogP contribution in [0.15, 0.2) is 54.6 Å². The quantitative estimate of drug-likeness (QED) is 0.607. The van der Waals surface area contributed by atoms with E-state index in [0.29, 0.717) is 12.0 Å². The van der Waals surface area contributed by atoms with Crippen molar-refractivity contribution in [2.24, 2.45) is 0 Å². The van der Waals surface area contributed by atoms with Crippen molar-refractivity contribution in [1.29, 1.82) is 0 Å². The van der Waals surface area contributed by atoms with Gasteiger partial charge in [0.05, 0.1) is 0 Å². The predicted octanol–water partition coefficient (Wildman–Crippen LogP) is 5.04. The van der Waals surface area contributed by atoms with Gasteiger partial charge in [-0.3, -0.25) is 4.90 Å². The van der Waals surface area contributed by atoms with Gasteiger partial charge in [0.25, 0.3) is 0 Å². The third-order valence-electron chi connectivity index (χ3n) is 4.74. The SMILES string of the molecule is CC1c2ccccc2C(c2cc3ccccc3s2)CN1C. The van der Waals surface area contributed by atoms with Crippen molar-refractivity contribution in [2.45, 2.75) is 18.9 Å². The molecule has 0 spiro atoms. The molecule has 2 atom stereocenters. The van der Waals surface area contributed by atoms with Crippen LogP contribution in [0.4, 0.5) is 0 Å². The topological polar surface area (TPSA) is 3.24 Å². The molecule has 1 aromatic heterocycles. The molecule has 2 aromatic carbocycles. The summed E-state index contributed by atoms with van der Waals surface area (Å²) in [6.07, 6.45) is 0. The van der Waals surface area contributed by atoms with Crippen LogP contribution < -0.4 is 0 Å². The highest BCUT2D eigenvalue weighted by atomic mass is 32.1. The number of rotatable bonds is 1. The van der Waals surface area contributed by atoms with Gasteiger partial charge in [-0.05, 0) is 42.6 Å². The van der Waals surface area contributed by atoms with E-state index >= 15 is 0 Å². The van der Waals surface area contributed by atoms with E-state index in [9.17, 15) is 0 Å². The van der Waals surface area contributed by atoms with E-state index < -0.39 is 0 Å². The van der Waals surface area contributed by atoms with Crippen molar-refractivity contribution < 1.29 is 0 Å². The Kier molecular flexibility index (Phi) is 3.09. The van der Waals surface area contributed by atoms with Crippen LogP contribution in [0.3, 0.4) is 0 Å². The lowest BCUT2D eigenvalue weighted by molar-refractivity contribution is 0.235.